The largest absolute Gasteiger partial charge is 0.497 e. The van der Waals surface area contributed by atoms with Crippen LogP contribution in [0.4, 0.5) is 0 Å². The number of aliphatic imine (C=N–C) groups is 1. The Morgan fingerprint density at radius 2 is 2.26 bits per heavy atom. The number of fused-ring (bicyclic) bond motifs is 3. The van der Waals surface area contributed by atoms with E-state index in [2.05, 4.69) is 27.0 Å². The fraction of sp³-hybridized carbons (Fsp3) is 0.357. The number of halogens is 1. The van der Waals surface area contributed by atoms with Crippen LogP contribution in [0.2, 0.25) is 0 Å². The first kappa shape index (κ1) is 12.4. The van der Waals surface area contributed by atoms with Crippen LogP contribution in [0.1, 0.15) is 11.3 Å². The van der Waals surface area contributed by atoms with Gasteiger partial charge in [-0.3, -0.25) is 4.99 Å². The molecule has 1 N–H and O–H groups in total. The van der Waals surface area contributed by atoms with Gasteiger partial charge in [-0.15, -0.1) is 12.4 Å². The first-order chi connectivity index (χ1) is 8.88. The summed E-state index contributed by atoms with van der Waals surface area (Å²) in [4.78, 5) is 4.59. The van der Waals surface area contributed by atoms with Gasteiger partial charge in [0.1, 0.15) is 11.6 Å². The van der Waals surface area contributed by atoms with Gasteiger partial charge < -0.3 is 14.6 Å². The zero-order valence-corrected chi connectivity index (χ0v) is 11.6. The number of hydrogen-bond donors (Lipinski definition) is 1. The normalized spacial score (nSPS) is 16.2. The van der Waals surface area contributed by atoms with Gasteiger partial charge in [-0.05, 0) is 30.2 Å². The highest BCUT2D eigenvalue weighted by molar-refractivity contribution is 6.06. The quantitative estimate of drug-likeness (QED) is 0.866. The monoisotopic (exact) mass is 277 g/mol. The van der Waals surface area contributed by atoms with E-state index >= 15 is 0 Å². The van der Waals surface area contributed by atoms with Gasteiger partial charge in [0, 0.05) is 30.5 Å². The van der Waals surface area contributed by atoms with Gasteiger partial charge in [0.25, 0.3) is 0 Å². The lowest BCUT2D eigenvalue weighted by Gasteiger charge is -2.23. The highest BCUT2D eigenvalue weighted by Gasteiger charge is 2.26. The Labute approximate surface area is 117 Å². The Kier molecular flexibility index (Phi) is 2.90. The van der Waals surface area contributed by atoms with Crippen molar-refractivity contribution < 1.29 is 4.74 Å². The number of hydrogen-bond acceptors (Lipinski definition) is 3. The minimum atomic E-state index is 0. The minimum absolute atomic E-state index is 0. The summed E-state index contributed by atoms with van der Waals surface area (Å²) in [6, 6.07) is 6.35. The molecule has 0 amide bonds. The zero-order valence-electron chi connectivity index (χ0n) is 10.8. The fourth-order valence-corrected chi connectivity index (χ4v) is 3.07. The summed E-state index contributed by atoms with van der Waals surface area (Å²) in [7, 11) is 1.72. The minimum Gasteiger partial charge on any atom is -0.497 e. The molecule has 0 bridgehead atoms. The number of aromatic nitrogens is 1. The van der Waals surface area contributed by atoms with E-state index in [9.17, 15) is 0 Å². The van der Waals surface area contributed by atoms with Crippen LogP contribution >= 0.6 is 12.4 Å². The lowest BCUT2D eigenvalue weighted by atomic mass is 10.0. The molecule has 19 heavy (non-hydrogen) atoms. The van der Waals surface area contributed by atoms with Crippen molar-refractivity contribution in [2.75, 3.05) is 20.2 Å². The first-order valence-electron chi connectivity index (χ1n) is 6.36. The number of nitrogens with zero attached hydrogens (tertiary/aromatic N) is 2. The predicted molar refractivity (Wildman–Crippen MR) is 78.8 cm³/mol. The summed E-state index contributed by atoms with van der Waals surface area (Å²) in [6.45, 7) is 2.85. The summed E-state index contributed by atoms with van der Waals surface area (Å²) in [5, 5.41) is 4.72. The van der Waals surface area contributed by atoms with Crippen LogP contribution in [0.25, 0.3) is 10.9 Å². The Bertz CT molecular complexity index is 675. The molecule has 0 aliphatic carbocycles. The van der Waals surface area contributed by atoms with E-state index in [1.165, 1.54) is 22.2 Å². The summed E-state index contributed by atoms with van der Waals surface area (Å²) in [6.07, 6.45) is 1.02. The maximum atomic E-state index is 5.34. The third-order valence-corrected chi connectivity index (χ3v) is 3.86. The molecule has 0 atom stereocenters. The summed E-state index contributed by atoms with van der Waals surface area (Å²) in [5.74, 6) is 2.00. The van der Waals surface area contributed by atoms with Gasteiger partial charge in [0.15, 0.2) is 0 Å². The Morgan fingerprint density at radius 3 is 3.11 bits per heavy atom. The van der Waals surface area contributed by atoms with Gasteiger partial charge >= 0.3 is 0 Å². The standard InChI is InChI=1S/C14H15N3O.ClH/c1-18-9-2-3-12-11(8-9)10-4-5-15-14-13(10)17(12)7-6-16-14;/h2-3,8H,4-7H2,1H3,(H,15,16);1H. The van der Waals surface area contributed by atoms with Gasteiger partial charge in [0.2, 0.25) is 0 Å². The molecule has 1 aromatic heterocycles. The van der Waals surface area contributed by atoms with Crippen molar-refractivity contribution in [3.05, 3.63) is 29.5 Å². The van der Waals surface area contributed by atoms with Crippen molar-refractivity contribution in [3.8, 4) is 5.75 Å². The maximum Gasteiger partial charge on any atom is 0.145 e. The molecule has 100 valence electrons. The highest BCUT2D eigenvalue weighted by Crippen LogP contribution is 2.32. The third-order valence-electron chi connectivity index (χ3n) is 3.86. The predicted octanol–water partition coefficient (Wildman–Crippen LogP) is 1.98. The second kappa shape index (κ2) is 4.46. The second-order valence-corrected chi connectivity index (χ2v) is 4.77. The molecule has 0 saturated carbocycles. The van der Waals surface area contributed by atoms with E-state index in [4.69, 9.17) is 4.74 Å². The molecule has 4 rings (SSSR count). The van der Waals surface area contributed by atoms with E-state index in [1.54, 1.807) is 7.11 Å². The number of rotatable bonds is 1. The van der Waals surface area contributed by atoms with Crippen molar-refractivity contribution in [2.45, 2.75) is 13.0 Å². The van der Waals surface area contributed by atoms with Crippen LogP contribution in [-0.2, 0) is 13.0 Å². The second-order valence-electron chi connectivity index (χ2n) is 4.77. The molecule has 0 unspecified atom stereocenters. The Balaban J connectivity index is 0.00000110. The molecule has 3 heterocycles. The van der Waals surface area contributed by atoms with E-state index in [1.807, 2.05) is 6.07 Å². The third kappa shape index (κ3) is 1.63. The van der Waals surface area contributed by atoms with Crippen LogP contribution in [0.3, 0.4) is 0 Å². The molecule has 2 aliphatic heterocycles. The van der Waals surface area contributed by atoms with Crippen molar-refractivity contribution >= 4 is 29.1 Å². The lowest BCUT2D eigenvalue weighted by molar-refractivity contribution is 0.415. The lowest BCUT2D eigenvalue weighted by Crippen LogP contribution is -2.38. The van der Waals surface area contributed by atoms with Crippen molar-refractivity contribution in [1.29, 1.82) is 0 Å². The van der Waals surface area contributed by atoms with E-state index in [0.29, 0.717) is 0 Å². The zero-order chi connectivity index (χ0) is 12.1. The van der Waals surface area contributed by atoms with E-state index in [-0.39, 0.29) is 12.4 Å². The van der Waals surface area contributed by atoms with Crippen LogP contribution in [-0.4, -0.2) is 30.6 Å². The average Bonchev–Trinajstić information content (AvgIpc) is 2.76. The smallest absolute Gasteiger partial charge is 0.145 e. The summed E-state index contributed by atoms with van der Waals surface area (Å²) in [5.41, 5.74) is 4.01. The molecular formula is C14H16ClN3O. The van der Waals surface area contributed by atoms with Gasteiger partial charge in [-0.2, -0.15) is 0 Å². The van der Waals surface area contributed by atoms with E-state index in [0.717, 1.165) is 37.6 Å². The molecule has 2 aromatic rings. The molecular weight excluding hydrogens is 262 g/mol. The molecule has 2 aliphatic rings. The Morgan fingerprint density at radius 1 is 1.37 bits per heavy atom. The molecule has 0 fully saturated rings. The summed E-state index contributed by atoms with van der Waals surface area (Å²) < 4.78 is 7.73. The number of methoxy groups -OCH3 is 1. The number of amidine groups is 1. The van der Waals surface area contributed by atoms with Crippen LogP contribution < -0.4 is 10.1 Å². The highest BCUT2D eigenvalue weighted by atomic mass is 35.5. The number of benzene rings is 1. The van der Waals surface area contributed by atoms with Gasteiger partial charge in [0.05, 0.1) is 12.8 Å². The van der Waals surface area contributed by atoms with Gasteiger partial charge in [-0.25, -0.2) is 0 Å². The maximum absolute atomic E-state index is 5.34. The van der Waals surface area contributed by atoms with Crippen LogP contribution in [0, 0.1) is 0 Å². The average molecular weight is 278 g/mol. The van der Waals surface area contributed by atoms with Crippen LogP contribution in [0.15, 0.2) is 23.2 Å². The molecule has 0 radical (unpaired) electrons. The molecule has 0 saturated heterocycles. The molecule has 4 nitrogen and oxygen atoms in total. The van der Waals surface area contributed by atoms with Gasteiger partial charge in [-0.1, -0.05) is 0 Å². The molecule has 1 aromatic carbocycles. The number of nitrogens with one attached hydrogen (secondary N) is 1. The van der Waals surface area contributed by atoms with Crippen molar-refractivity contribution in [1.82, 2.24) is 9.88 Å². The Hall–Kier alpha value is -1.68. The fourth-order valence-electron chi connectivity index (χ4n) is 3.07. The summed E-state index contributed by atoms with van der Waals surface area (Å²) >= 11 is 0. The first-order valence-corrected chi connectivity index (χ1v) is 6.36. The van der Waals surface area contributed by atoms with Crippen LogP contribution in [0.5, 0.6) is 5.75 Å². The SMILES string of the molecule is COc1ccc2c(c1)c1c3n2CCNC3=NCC1.Cl. The molecule has 5 heteroatoms. The molecule has 0 spiro atoms. The topological polar surface area (TPSA) is 38.5 Å². The van der Waals surface area contributed by atoms with E-state index < -0.39 is 0 Å². The number of ether oxygens (including phenoxy) is 1. The van der Waals surface area contributed by atoms with Crippen molar-refractivity contribution in [2.24, 2.45) is 4.99 Å². The van der Waals surface area contributed by atoms with Crippen molar-refractivity contribution in [3.63, 3.8) is 0 Å².